The molecule has 3 aromatic rings. The molecule has 0 bridgehead atoms. The molecule has 1 fully saturated rings. The molecule has 5 rings (SSSR count). The molecule has 0 saturated heterocycles. The van der Waals surface area contributed by atoms with E-state index in [9.17, 15) is 18.0 Å². The first-order valence-corrected chi connectivity index (χ1v) is 12.7. The molecule has 2 heterocycles. The lowest BCUT2D eigenvalue weighted by molar-refractivity contribution is -0.144. The Morgan fingerprint density at radius 2 is 1.83 bits per heavy atom. The van der Waals surface area contributed by atoms with Crippen molar-refractivity contribution in [3.63, 3.8) is 0 Å². The van der Waals surface area contributed by atoms with Gasteiger partial charge in [0.1, 0.15) is 12.4 Å². The van der Waals surface area contributed by atoms with Crippen LogP contribution in [-0.2, 0) is 35.4 Å². The second-order valence-electron chi connectivity index (χ2n) is 10.1. The van der Waals surface area contributed by atoms with Crippen molar-refractivity contribution in [1.29, 1.82) is 0 Å². The lowest BCUT2D eigenvalue weighted by atomic mass is 9.83. The Morgan fingerprint density at radius 3 is 2.58 bits per heavy atom. The Bertz CT molecular complexity index is 1240. The van der Waals surface area contributed by atoms with Crippen LogP contribution < -0.4 is 10.6 Å². The summed E-state index contributed by atoms with van der Waals surface area (Å²) in [5, 5.41) is 0.965. The number of halogens is 3. The topological polar surface area (TPSA) is 66.5 Å². The van der Waals surface area contributed by atoms with Gasteiger partial charge in [-0.1, -0.05) is 44.2 Å². The minimum absolute atomic E-state index is 0.0470. The summed E-state index contributed by atoms with van der Waals surface area (Å²) < 4.78 is 49.6. The molecule has 1 saturated carbocycles. The number of nitrogens with two attached hydrogens (primary N) is 1. The van der Waals surface area contributed by atoms with Crippen LogP contribution in [0.25, 0.3) is 10.9 Å². The Kier molecular flexibility index (Phi) is 6.97. The maximum Gasteiger partial charge on any atom is 0.416 e. The summed E-state index contributed by atoms with van der Waals surface area (Å²) in [6.07, 6.45) is 2.57. The van der Waals surface area contributed by atoms with E-state index in [4.69, 9.17) is 10.6 Å². The van der Waals surface area contributed by atoms with E-state index in [0.717, 1.165) is 55.2 Å². The molecular weight excluding hydrogens is 469 g/mol. The molecule has 1 aliphatic carbocycles. The van der Waals surface area contributed by atoms with Gasteiger partial charge in [-0.25, -0.2) is 0 Å². The lowest BCUT2D eigenvalue weighted by Crippen LogP contribution is -2.15. The van der Waals surface area contributed by atoms with Gasteiger partial charge in [-0.05, 0) is 60.2 Å². The molecule has 5 nitrogen and oxygen atoms in total. The van der Waals surface area contributed by atoms with E-state index in [2.05, 4.69) is 9.40 Å². The minimum Gasteiger partial charge on any atom is -0.489 e. The Hall–Kier alpha value is -3.00. The van der Waals surface area contributed by atoms with E-state index in [1.165, 1.54) is 12.5 Å². The maximum absolute atomic E-state index is 13.9. The number of fused-ring (bicyclic) bond motifs is 3. The van der Waals surface area contributed by atoms with Crippen LogP contribution in [0, 0.1) is 5.92 Å². The van der Waals surface area contributed by atoms with Crippen molar-refractivity contribution in [2.24, 2.45) is 11.8 Å². The minimum atomic E-state index is -4.39. The van der Waals surface area contributed by atoms with Crippen LogP contribution in [0.4, 0.5) is 13.2 Å². The van der Waals surface area contributed by atoms with Gasteiger partial charge in [0.15, 0.2) is 0 Å². The van der Waals surface area contributed by atoms with E-state index in [0.29, 0.717) is 29.2 Å². The average Bonchev–Trinajstić information content (AvgIpc) is 3.42. The van der Waals surface area contributed by atoms with Crippen molar-refractivity contribution in [1.82, 2.24) is 4.57 Å². The molecular formula is C28H31F3N2O3. The highest BCUT2D eigenvalue weighted by atomic mass is 19.4. The second kappa shape index (κ2) is 10.2. The quantitative estimate of drug-likeness (QED) is 0.369. The summed E-state index contributed by atoms with van der Waals surface area (Å²) in [5.41, 5.74) is 2.42. The number of alkyl halides is 3. The SMILES string of the molecule is NOC(=O)CC1CCn2c1cc1cc(OCc3ccc(CC4CCCCC4)c(C(F)(F)F)c3)ccc12. The summed E-state index contributed by atoms with van der Waals surface area (Å²) in [6, 6.07) is 12.3. The van der Waals surface area contributed by atoms with Gasteiger partial charge in [0.25, 0.3) is 0 Å². The molecule has 2 aromatic carbocycles. The summed E-state index contributed by atoms with van der Waals surface area (Å²) in [7, 11) is 0. The fraction of sp³-hybridized carbons (Fsp3) is 0.464. The molecule has 0 spiro atoms. The standard InChI is InChI=1S/C28H31F3N2O3/c29-28(30,31)24-13-19(6-7-20(24)12-18-4-2-1-3-5-18)17-35-23-8-9-25-22(14-23)15-26-21(10-11-33(25)26)16-27(34)36-32/h6-9,13-15,18,21H,1-5,10-12,16-17,32H2. The number of aromatic nitrogens is 1. The van der Waals surface area contributed by atoms with Crippen LogP contribution in [0.15, 0.2) is 42.5 Å². The fourth-order valence-electron chi connectivity index (χ4n) is 5.86. The summed E-state index contributed by atoms with van der Waals surface area (Å²) in [6.45, 7) is 0.853. The largest absolute Gasteiger partial charge is 0.489 e. The zero-order valence-electron chi connectivity index (χ0n) is 20.2. The normalized spacial score (nSPS) is 18.4. The van der Waals surface area contributed by atoms with Crippen LogP contribution in [0.2, 0.25) is 0 Å². The molecule has 2 N–H and O–H groups in total. The zero-order chi connectivity index (χ0) is 25.3. The Balaban J connectivity index is 1.30. The number of ether oxygens (including phenoxy) is 1. The Morgan fingerprint density at radius 1 is 1.03 bits per heavy atom. The number of aryl methyl sites for hydroxylation is 1. The molecule has 0 amide bonds. The van der Waals surface area contributed by atoms with Gasteiger partial charge < -0.3 is 14.1 Å². The molecule has 1 atom stereocenters. The molecule has 1 unspecified atom stereocenters. The molecule has 8 heteroatoms. The number of carbonyl (C=O) groups excluding carboxylic acids is 1. The third-order valence-corrected chi connectivity index (χ3v) is 7.69. The second-order valence-corrected chi connectivity index (χ2v) is 10.1. The first kappa shape index (κ1) is 24.7. The van der Waals surface area contributed by atoms with Gasteiger partial charge in [0, 0.05) is 29.1 Å². The Labute approximate surface area is 208 Å². The zero-order valence-corrected chi connectivity index (χ0v) is 20.2. The van der Waals surface area contributed by atoms with Crippen molar-refractivity contribution in [2.45, 2.75) is 76.6 Å². The van der Waals surface area contributed by atoms with E-state index in [1.54, 1.807) is 12.1 Å². The summed E-state index contributed by atoms with van der Waals surface area (Å²) in [5.74, 6) is 5.52. The van der Waals surface area contributed by atoms with Gasteiger partial charge in [-0.3, -0.25) is 4.79 Å². The van der Waals surface area contributed by atoms with Crippen LogP contribution in [0.5, 0.6) is 5.75 Å². The number of rotatable bonds is 7. The van der Waals surface area contributed by atoms with Crippen LogP contribution >= 0.6 is 0 Å². The summed E-state index contributed by atoms with van der Waals surface area (Å²) >= 11 is 0. The van der Waals surface area contributed by atoms with E-state index < -0.39 is 17.7 Å². The first-order valence-electron chi connectivity index (χ1n) is 12.7. The highest BCUT2D eigenvalue weighted by Crippen LogP contribution is 2.38. The number of hydrogen-bond donors (Lipinski definition) is 1. The highest BCUT2D eigenvalue weighted by Gasteiger charge is 2.34. The van der Waals surface area contributed by atoms with Crippen molar-refractivity contribution in [3.05, 3.63) is 64.8 Å². The van der Waals surface area contributed by atoms with Crippen LogP contribution in [0.3, 0.4) is 0 Å². The third kappa shape index (κ3) is 5.24. The average molecular weight is 501 g/mol. The van der Waals surface area contributed by atoms with Crippen molar-refractivity contribution in [3.8, 4) is 5.75 Å². The van der Waals surface area contributed by atoms with E-state index in [-0.39, 0.29) is 18.9 Å². The van der Waals surface area contributed by atoms with Gasteiger partial charge >= 0.3 is 12.1 Å². The van der Waals surface area contributed by atoms with Gasteiger partial charge in [0.2, 0.25) is 0 Å². The van der Waals surface area contributed by atoms with Gasteiger partial charge in [-0.2, -0.15) is 19.1 Å². The van der Waals surface area contributed by atoms with Crippen molar-refractivity contribution in [2.75, 3.05) is 0 Å². The number of benzene rings is 2. The predicted octanol–water partition coefficient (Wildman–Crippen LogP) is 6.66. The molecule has 1 aromatic heterocycles. The molecule has 1 aliphatic heterocycles. The summed E-state index contributed by atoms with van der Waals surface area (Å²) in [4.78, 5) is 16.0. The number of hydrogen-bond acceptors (Lipinski definition) is 4. The van der Waals surface area contributed by atoms with Gasteiger partial charge in [0.05, 0.1) is 12.0 Å². The monoisotopic (exact) mass is 500 g/mol. The highest BCUT2D eigenvalue weighted by molar-refractivity contribution is 5.84. The lowest BCUT2D eigenvalue weighted by Gasteiger charge is -2.23. The predicted molar refractivity (Wildman–Crippen MR) is 130 cm³/mol. The van der Waals surface area contributed by atoms with E-state index in [1.807, 2.05) is 24.3 Å². The first-order chi connectivity index (χ1) is 17.3. The molecule has 2 aliphatic rings. The smallest absolute Gasteiger partial charge is 0.416 e. The third-order valence-electron chi connectivity index (χ3n) is 7.69. The molecule has 0 radical (unpaired) electrons. The number of nitrogens with zero attached hydrogens (tertiary/aromatic N) is 1. The number of carbonyl (C=O) groups is 1. The fourth-order valence-corrected chi connectivity index (χ4v) is 5.86. The molecule has 192 valence electrons. The van der Waals surface area contributed by atoms with Crippen molar-refractivity contribution < 1.29 is 27.5 Å². The van der Waals surface area contributed by atoms with Crippen LogP contribution in [-0.4, -0.2) is 10.5 Å². The molecule has 36 heavy (non-hydrogen) atoms. The van der Waals surface area contributed by atoms with E-state index >= 15 is 0 Å². The maximum atomic E-state index is 13.9. The van der Waals surface area contributed by atoms with Crippen molar-refractivity contribution >= 4 is 16.9 Å². The van der Waals surface area contributed by atoms with Crippen LogP contribution in [0.1, 0.15) is 73.2 Å². The van der Waals surface area contributed by atoms with Gasteiger partial charge in [-0.15, -0.1) is 0 Å².